The molecule has 8 nitrogen and oxygen atoms in total. The number of benzene rings is 1. The van der Waals surface area contributed by atoms with E-state index in [4.69, 9.17) is 10.5 Å². The van der Waals surface area contributed by atoms with E-state index in [0.29, 0.717) is 18.6 Å². The van der Waals surface area contributed by atoms with Crippen molar-refractivity contribution in [3.63, 3.8) is 0 Å². The average molecular weight is 448 g/mol. The van der Waals surface area contributed by atoms with E-state index in [-0.39, 0.29) is 23.9 Å². The Balaban J connectivity index is 1.37. The number of aryl methyl sites for hydroxylation is 2. The van der Waals surface area contributed by atoms with Gasteiger partial charge in [0.2, 0.25) is 0 Å². The number of nitrogens with two attached hydrogens (primary N) is 1. The lowest BCUT2D eigenvalue weighted by molar-refractivity contribution is -0.107. The summed E-state index contributed by atoms with van der Waals surface area (Å²) >= 11 is 0. The van der Waals surface area contributed by atoms with E-state index < -0.39 is 0 Å². The Morgan fingerprint density at radius 1 is 1.21 bits per heavy atom. The van der Waals surface area contributed by atoms with Crippen LogP contribution in [-0.4, -0.2) is 39.1 Å². The summed E-state index contributed by atoms with van der Waals surface area (Å²) in [5.74, 6) is -0.0453. The molecule has 1 saturated carbocycles. The Labute approximate surface area is 193 Å². The van der Waals surface area contributed by atoms with Crippen LogP contribution in [0.4, 0.5) is 5.82 Å². The van der Waals surface area contributed by atoms with Gasteiger partial charge in [-0.3, -0.25) is 9.48 Å². The zero-order chi connectivity index (χ0) is 23.2. The molecule has 0 bridgehead atoms. The third-order valence-electron chi connectivity index (χ3n) is 6.01. The molecule has 1 aliphatic carbocycles. The molecule has 2 heterocycles. The number of amides is 1. The van der Waals surface area contributed by atoms with E-state index in [2.05, 4.69) is 15.4 Å². The van der Waals surface area contributed by atoms with Crippen molar-refractivity contribution in [3.05, 3.63) is 65.6 Å². The molecule has 2 atom stereocenters. The minimum absolute atomic E-state index is 0.0561. The molecule has 0 saturated heterocycles. The highest BCUT2D eigenvalue weighted by Gasteiger charge is 2.30. The molecule has 1 aromatic carbocycles. The first-order valence-electron chi connectivity index (χ1n) is 11.2. The number of nitrogen functional groups attached to an aromatic ring is 1. The van der Waals surface area contributed by atoms with E-state index in [1.54, 1.807) is 23.1 Å². The molecular formula is C25H29N5O3. The molecule has 33 heavy (non-hydrogen) atoms. The standard InChI is InChI=1S/C25H29N5O3/c1-30-15-20(14-28-30)19-12-21(24(26)27-13-19)25(32)29-22-5-2-6-23(22)33-16-18-9-7-17(8-10-18)4-3-11-31/h7-15,22-23H,2-6,16H2,1H3,(H2,26,27)(H,29,32)/t22-,23?/m0/s1. The average Bonchev–Trinajstić information content (AvgIpc) is 3.46. The summed E-state index contributed by atoms with van der Waals surface area (Å²) in [6, 6.07) is 9.79. The van der Waals surface area contributed by atoms with Crippen LogP contribution in [0.3, 0.4) is 0 Å². The Morgan fingerprint density at radius 3 is 2.73 bits per heavy atom. The lowest BCUT2D eigenvalue weighted by atomic mass is 10.1. The maximum atomic E-state index is 13.0. The van der Waals surface area contributed by atoms with Gasteiger partial charge in [-0.25, -0.2) is 4.98 Å². The topological polar surface area (TPSA) is 112 Å². The number of carbonyl (C=O) groups excluding carboxylic acids is 2. The van der Waals surface area contributed by atoms with Gasteiger partial charge in [0.05, 0.1) is 30.5 Å². The van der Waals surface area contributed by atoms with Crippen LogP contribution in [0.2, 0.25) is 0 Å². The number of pyridine rings is 1. The lowest BCUT2D eigenvalue weighted by Crippen LogP contribution is -2.41. The van der Waals surface area contributed by atoms with Gasteiger partial charge in [-0.15, -0.1) is 0 Å². The fraction of sp³-hybridized carbons (Fsp3) is 0.360. The second-order valence-electron chi connectivity index (χ2n) is 8.44. The fourth-order valence-corrected chi connectivity index (χ4v) is 4.15. The van der Waals surface area contributed by atoms with Gasteiger partial charge < -0.3 is 20.6 Å². The minimum Gasteiger partial charge on any atom is -0.383 e. The molecule has 1 aliphatic rings. The van der Waals surface area contributed by atoms with Crippen LogP contribution < -0.4 is 11.1 Å². The Morgan fingerprint density at radius 2 is 2.00 bits per heavy atom. The highest BCUT2D eigenvalue weighted by atomic mass is 16.5. The smallest absolute Gasteiger partial charge is 0.255 e. The summed E-state index contributed by atoms with van der Waals surface area (Å²) in [5.41, 5.74) is 10.2. The predicted octanol–water partition coefficient (Wildman–Crippen LogP) is 3.06. The number of hydrogen-bond acceptors (Lipinski definition) is 6. The Bertz CT molecular complexity index is 1110. The zero-order valence-corrected chi connectivity index (χ0v) is 18.7. The highest BCUT2D eigenvalue weighted by molar-refractivity contribution is 5.99. The largest absolute Gasteiger partial charge is 0.383 e. The van der Waals surface area contributed by atoms with Gasteiger partial charge in [0.1, 0.15) is 12.1 Å². The molecule has 3 N–H and O–H groups in total. The van der Waals surface area contributed by atoms with Crippen LogP contribution in [0.15, 0.2) is 48.9 Å². The van der Waals surface area contributed by atoms with E-state index in [0.717, 1.165) is 54.2 Å². The minimum atomic E-state index is -0.245. The van der Waals surface area contributed by atoms with Crippen molar-refractivity contribution < 1.29 is 14.3 Å². The highest BCUT2D eigenvalue weighted by Crippen LogP contribution is 2.25. The van der Waals surface area contributed by atoms with Crippen LogP contribution in [0.1, 0.15) is 47.2 Å². The molecule has 4 rings (SSSR count). The molecule has 8 heteroatoms. The van der Waals surface area contributed by atoms with Crippen molar-refractivity contribution in [2.45, 2.75) is 50.9 Å². The van der Waals surface area contributed by atoms with Crippen molar-refractivity contribution in [2.24, 2.45) is 7.05 Å². The summed E-state index contributed by atoms with van der Waals surface area (Å²) < 4.78 is 7.86. The predicted molar refractivity (Wildman–Crippen MR) is 125 cm³/mol. The maximum absolute atomic E-state index is 13.0. The number of aldehydes is 1. The molecule has 1 unspecified atom stereocenters. The zero-order valence-electron chi connectivity index (χ0n) is 18.7. The third kappa shape index (κ3) is 5.64. The molecule has 0 aliphatic heterocycles. The maximum Gasteiger partial charge on any atom is 0.255 e. The SMILES string of the molecule is Cn1cc(-c2cnc(N)c(C(=O)N[C@H]3CCCC3OCc3ccc(CCC=O)cc3)c2)cn1. The van der Waals surface area contributed by atoms with Gasteiger partial charge in [-0.2, -0.15) is 5.10 Å². The molecule has 172 valence electrons. The number of anilines is 1. The van der Waals surface area contributed by atoms with Crippen molar-refractivity contribution in [1.29, 1.82) is 0 Å². The van der Waals surface area contributed by atoms with Crippen LogP contribution in [0, 0.1) is 0 Å². The normalized spacial score (nSPS) is 17.7. The van der Waals surface area contributed by atoms with Crippen LogP contribution in [0.5, 0.6) is 0 Å². The monoisotopic (exact) mass is 447 g/mol. The van der Waals surface area contributed by atoms with E-state index >= 15 is 0 Å². The molecule has 0 spiro atoms. The van der Waals surface area contributed by atoms with E-state index in [1.165, 1.54) is 0 Å². The van der Waals surface area contributed by atoms with Gasteiger partial charge >= 0.3 is 0 Å². The first-order chi connectivity index (χ1) is 16.0. The summed E-state index contributed by atoms with van der Waals surface area (Å²) in [5, 5.41) is 7.27. The second-order valence-corrected chi connectivity index (χ2v) is 8.44. The number of nitrogens with zero attached hydrogens (tertiary/aromatic N) is 3. The fourth-order valence-electron chi connectivity index (χ4n) is 4.15. The van der Waals surface area contributed by atoms with Gasteiger partial charge in [0, 0.05) is 37.0 Å². The molecule has 1 amide bonds. The first kappa shape index (κ1) is 22.7. The van der Waals surface area contributed by atoms with Crippen LogP contribution >= 0.6 is 0 Å². The number of hydrogen-bond donors (Lipinski definition) is 2. The Kier molecular flexibility index (Phi) is 7.14. The van der Waals surface area contributed by atoms with Gasteiger partial charge in [-0.1, -0.05) is 24.3 Å². The van der Waals surface area contributed by atoms with Crippen LogP contribution in [0.25, 0.3) is 11.1 Å². The quantitative estimate of drug-likeness (QED) is 0.488. The van der Waals surface area contributed by atoms with Gasteiger partial charge in [0.25, 0.3) is 5.91 Å². The lowest BCUT2D eigenvalue weighted by Gasteiger charge is -2.22. The van der Waals surface area contributed by atoms with Gasteiger partial charge in [-0.05, 0) is 42.9 Å². The number of nitrogens with one attached hydrogen (secondary N) is 1. The number of aromatic nitrogens is 3. The van der Waals surface area contributed by atoms with Crippen molar-refractivity contribution in [3.8, 4) is 11.1 Å². The summed E-state index contributed by atoms with van der Waals surface area (Å²) in [6.07, 6.45) is 10.1. The molecule has 2 aromatic heterocycles. The summed E-state index contributed by atoms with van der Waals surface area (Å²) in [4.78, 5) is 27.8. The van der Waals surface area contributed by atoms with Gasteiger partial charge in [0.15, 0.2) is 0 Å². The molecule has 1 fully saturated rings. The van der Waals surface area contributed by atoms with Crippen molar-refractivity contribution in [2.75, 3.05) is 5.73 Å². The van der Waals surface area contributed by atoms with Crippen molar-refractivity contribution >= 4 is 18.0 Å². The van der Waals surface area contributed by atoms with Crippen LogP contribution in [-0.2, 0) is 29.6 Å². The molecular weight excluding hydrogens is 418 g/mol. The number of ether oxygens (including phenoxy) is 1. The van der Waals surface area contributed by atoms with E-state index in [1.807, 2.05) is 37.5 Å². The van der Waals surface area contributed by atoms with Crippen molar-refractivity contribution in [1.82, 2.24) is 20.1 Å². The number of carbonyl (C=O) groups is 2. The molecule has 3 aromatic rings. The third-order valence-corrected chi connectivity index (χ3v) is 6.01. The Hall–Kier alpha value is -3.52. The summed E-state index contributed by atoms with van der Waals surface area (Å²) in [6.45, 7) is 0.477. The summed E-state index contributed by atoms with van der Waals surface area (Å²) in [7, 11) is 1.84. The molecule has 0 radical (unpaired) electrons. The second kappa shape index (κ2) is 10.4. The first-order valence-corrected chi connectivity index (χ1v) is 11.2. The van der Waals surface area contributed by atoms with E-state index in [9.17, 15) is 9.59 Å². The number of rotatable bonds is 9.